The highest BCUT2D eigenvalue weighted by molar-refractivity contribution is 6.01. The number of hydrogen-bond acceptors (Lipinski definition) is 6. The van der Waals surface area contributed by atoms with Crippen LogP contribution in [0, 0.1) is 24.0 Å². The molecule has 3 rings (SSSR count). The molecule has 148 valence electrons. The van der Waals surface area contributed by atoms with Crippen molar-refractivity contribution in [3.8, 4) is 0 Å². The van der Waals surface area contributed by atoms with E-state index in [1.165, 1.54) is 18.2 Å². The second kappa shape index (κ2) is 7.89. The number of non-ortho nitro benzene ring substituents is 1. The summed E-state index contributed by atoms with van der Waals surface area (Å²) in [4.78, 5) is 50.9. The summed E-state index contributed by atoms with van der Waals surface area (Å²) in [7, 11) is 0. The minimum atomic E-state index is -0.723. The molecule has 0 unspecified atom stereocenters. The molecule has 0 fully saturated rings. The molecule has 3 aromatic rings. The highest BCUT2D eigenvalue weighted by atomic mass is 16.6. The molecule has 2 N–H and O–H groups in total. The van der Waals surface area contributed by atoms with Crippen molar-refractivity contribution in [1.29, 1.82) is 0 Å². The lowest BCUT2D eigenvalue weighted by Crippen LogP contribution is -2.38. The van der Waals surface area contributed by atoms with Gasteiger partial charge in [0, 0.05) is 17.8 Å². The Morgan fingerprint density at radius 3 is 2.62 bits per heavy atom. The standard InChI is InChI=1S/C19H17N5O5/c1-11-3-6-15(12(2)7-11)21-19(27)22-17(25)9-23-10-20-16-8-13(24(28)29)4-5-14(16)18(23)26/h3-8,10H,9H2,1-2H3,(H2,21,22,25,27). The van der Waals surface area contributed by atoms with Crippen molar-refractivity contribution in [2.45, 2.75) is 20.4 Å². The fraction of sp³-hybridized carbons (Fsp3) is 0.158. The average Bonchev–Trinajstić information content (AvgIpc) is 2.66. The highest BCUT2D eigenvalue weighted by Crippen LogP contribution is 2.17. The van der Waals surface area contributed by atoms with Crippen LogP contribution in [0.5, 0.6) is 0 Å². The first-order chi connectivity index (χ1) is 13.7. The monoisotopic (exact) mass is 395 g/mol. The van der Waals surface area contributed by atoms with E-state index in [9.17, 15) is 24.5 Å². The van der Waals surface area contributed by atoms with Gasteiger partial charge in [0.2, 0.25) is 5.91 Å². The van der Waals surface area contributed by atoms with E-state index in [0.717, 1.165) is 22.0 Å². The number of rotatable bonds is 4. The molecule has 0 aliphatic carbocycles. The van der Waals surface area contributed by atoms with E-state index in [2.05, 4.69) is 15.6 Å². The number of carbonyl (C=O) groups is 2. The molecular weight excluding hydrogens is 378 g/mol. The van der Waals surface area contributed by atoms with Crippen LogP contribution in [0.25, 0.3) is 10.9 Å². The van der Waals surface area contributed by atoms with Gasteiger partial charge in [-0.1, -0.05) is 17.7 Å². The van der Waals surface area contributed by atoms with E-state index < -0.39 is 29.0 Å². The molecule has 2 aromatic carbocycles. The summed E-state index contributed by atoms with van der Waals surface area (Å²) in [6.07, 6.45) is 1.11. The Hall–Kier alpha value is -4.08. The molecule has 10 heteroatoms. The fourth-order valence-corrected chi connectivity index (χ4v) is 2.80. The minimum Gasteiger partial charge on any atom is -0.307 e. The van der Waals surface area contributed by atoms with Crippen LogP contribution in [-0.2, 0) is 11.3 Å². The maximum Gasteiger partial charge on any atom is 0.325 e. The van der Waals surface area contributed by atoms with E-state index in [0.29, 0.717) is 5.69 Å². The number of urea groups is 1. The van der Waals surface area contributed by atoms with Crippen molar-refractivity contribution in [2.75, 3.05) is 5.32 Å². The molecule has 0 atom stereocenters. The quantitative estimate of drug-likeness (QED) is 0.514. The predicted molar refractivity (Wildman–Crippen MR) is 106 cm³/mol. The van der Waals surface area contributed by atoms with Gasteiger partial charge < -0.3 is 5.32 Å². The Kier molecular flexibility index (Phi) is 5.35. The van der Waals surface area contributed by atoms with Gasteiger partial charge in [0.1, 0.15) is 6.54 Å². The largest absolute Gasteiger partial charge is 0.325 e. The maximum atomic E-state index is 12.5. The third-order valence-corrected chi connectivity index (χ3v) is 4.22. The molecule has 0 spiro atoms. The molecular formula is C19H17N5O5. The number of fused-ring (bicyclic) bond motifs is 1. The van der Waals surface area contributed by atoms with Crippen molar-refractivity contribution in [3.05, 3.63) is 74.3 Å². The molecule has 29 heavy (non-hydrogen) atoms. The molecule has 1 heterocycles. The van der Waals surface area contributed by atoms with Crippen molar-refractivity contribution >= 4 is 34.2 Å². The van der Waals surface area contributed by atoms with Crippen LogP contribution < -0.4 is 16.2 Å². The van der Waals surface area contributed by atoms with Gasteiger partial charge in [-0.15, -0.1) is 0 Å². The number of nitro benzene ring substituents is 1. The SMILES string of the molecule is Cc1ccc(NC(=O)NC(=O)Cn2cnc3cc([N+](=O)[O-])ccc3c2=O)c(C)c1. The number of hydrogen-bond donors (Lipinski definition) is 2. The highest BCUT2D eigenvalue weighted by Gasteiger charge is 2.14. The number of amides is 3. The van der Waals surface area contributed by atoms with Gasteiger partial charge in [0.25, 0.3) is 11.2 Å². The summed E-state index contributed by atoms with van der Waals surface area (Å²) in [5.74, 6) is -0.711. The molecule has 0 saturated carbocycles. The minimum absolute atomic E-state index is 0.130. The summed E-state index contributed by atoms with van der Waals surface area (Å²) in [6, 6.07) is 8.37. The molecule has 3 amide bonds. The average molecular weight is 395 g/mol. The van der Waals surface area contributed by atoms with E-state index in [1.807, 2.05) is 26.0 Å². The summed E-state index contributed by atoms with van der Waals surface area (Å²) < 4.78 is 1.02. The molecule has 10 nitrogen and oxygen atoms in total. The lowest BCUT2D eigenvalue weighted by atomic mass is 10.1. The molecule has 1 aromatic heterocycles. The van der Waals surface area contributed by atoms with Crippen LogP contribution in [0.1, 0.15) is 11.1 Å². The maximum absolute atomic E-state index is 12.5. The zero-order valence-electron chi connectivity index (χ0n) is 15.6. The zero-order valence-corrected chi connectivity index (χ0v) is 15.6. The lowest BCUT2D eigenvalue weighted by Gasteiger charge is -2.10. The normalized spacial score (nSPS) is 10.6. The van der Waals surface area contributed by atoms with Crippen LogP contribution in [0.3, 0.4) is 0 Å². The number of benzene rings is 2. The van der Waals surface area contributed by atoms with Crippen LogP contribution in [0.2, 0.25) is 0 Å². The fourth-order valence-electron chi connectivity index (χ4n) is 2.80. The predicted octanol–water partition coefficient (Wildman–Crippen LogP) is 2.27. The summed E-state index contributed by atoms with van der Waals surface area (Å²) in [6.45, 7) is 3.32. The number of nitrogens with zero attached hydrogens (tertiary/aromatic N) is 3. The summed E-state index contributed by atoms with van der Waals surface area (Å²) >= 11 is 0. The van der Waals surface area contributed by atoms with Gasteiger partial charge in [-0.2, -0.15) is 0 Å². The number of imide groups is 1. The van der Waals surface area contributed by atoms with E-state index in [-0.39, 0.29) is 16.6 Å². The first-order valence-electron chi connectivity index (χ1n) is 8.56. The molecule has 0 bridgehead atoms. The van der Waals surface area contributed by atoms with Crippen LogP contribution in [-0.4, -0.2) is 26.4 Å². The summed E-state index contributed by atoms with van der Waals surface area (Å²) in [5.41, 5.74) is 1.85. The Bertz CT molecular complexity index is 1200. The molecule has 0 aliphatic rings. The van der Waals surface area contributed by atoms with Gasteiger partial charge >= 0.3 is 6.03 Å². The van der Waals surface area contributed by atoms with Crippen molar-refractivity contribution in [1.82, 2.24) is 14.9 Å². The van der Waals surface area contributed by atoms with Crippen molar-refractivity contribution in [3.63, 3.8) is 0 Å². The Labute approximate surface area is 164 Å². The lowest BCUT2D eigenvalue weighted by molar-refractivity contribution is -0.384. The van der Waals surface area contributed by atoms with Crippen molar-refractivity contribution < 1.29 is 14.5 Å². The van der Waals surface area contributed by atoms with E-state index in [4.69, 9.17) is 0 Å². The van der Waals surface area contributed by atoms with Gasteiger partial charge in [-0.05, 0) is 31.5 Å². The van der Waals surface area contributed by atoms with Gasteiger partial charge in [-0.25, -0.2) is 9.78 Å². The third-order valence-electron chi connectivity index (χ3n) is 4.22. The smallest absolute Gasteiger partial charge is 0.307 e. The second-order valence-corrected chi connectivity index (χ2v) is 6.46. The first kappa shape index (κ1) is 19.7. The Morgan fingerprint density at radius 1 is 1.17 bits per heavy atom. The van der Waals surface area contributed by atoms with E-state index in [1.54, 1.807) is 6.07 Å². The molecule has 0 aliphatic heterocycles. The summed E-state index contributed by atoms with van der Waals surface area (Å²) in [5, 5.41) is 15.7. The van der Waals surface area contributed by atoms with Crippen molar-refractivity contribution in [2.24, 2.45) is 0 Å². The zero-order chi connectivity index (χ0) is 21.1. The second-order valence-electron chi connectivity index (χ2n) is 6.46. The molecule has 0 saturated heterocycles. The Morgan fingerprint density at radius 2 is 1.93 bits per heavy atom. The Balaban J connectivity index is 1.71. The topological polar surface area (TPSA) is 136 Å². The van der Waals surface area contributed by atoms with E-state index >= 15 is 0 Å². The van der Waals surface area contributed by atoms with Crippen LogP contribution in [0.15, 0.2) is 47.5 Å². The number of aromatic nitrogens is 2. The van der Waals surface area contributed by atoms with Gasteiger partial charge in [0.05, 0.1) is 22.2 Å². The third kappa shape index (κ3) is 4.43. The van der Waals surface area contributed by atoms with Crippen LogP contribution >= 0.6 is 0 Å². The van der Waals surface area contributed by atoms with Gasteiger partial charge in [0.15, 0.2) is 0 Å². The number of aryl methyl sites for hydroxylation is 2. The number of nitrogens with one attached hydrogen (secondary N) is 2. The number of carbonyl (C=O) groups excluding carboxylic acids is 2. The number of nitro groups is 1. The first-order valence-corrected chi connectivity index (χ1v) is 8.56. The van der Waals surface area contributed by atoms with Crippen LogP contribution in [0.4, 0.5) is 16.2 Å². The van der Waals surface area contributed by atoms with Gasteiger partial charge in [-0.3, -0.25) is 29.6 Å². The molecule has 0 radical (unpaired) electrons. The number of anilines is 1.